The zero-order valence-corrected chi connectivity index (χ0v) is 8.67. The fourth-order valence-corrected chi connectivity index (χ4v) is 1.90. The fraction of sp³-hybridized carbons (Fsp3) is 0.900. The van der Waals surface area contributed by atoms with Crippen molar-refractivity contribution in [3.63, 3.8) is 0 Å². The molecule has 1 aliphatic rings. The summed E-state index contributed by atoms with van der Waals surface area (Å²) in [6.07, 6.45) is 3.16. The van der Waals surface area contributed by atoms with E-state index in [2.05, 4.69) is 23.9 Å². The van der Waals surface area contributed by atoms with Crippen molar-refractivity contribution in [3.8, 4) is 0 Å². The monoisotopic (exact) mass is 185 g/mol. The van der Waals surface area contributed by atoms with Gasteiger partial charge in [0.05, 0.1) is 7.11 Å². The number of methoxy groups -OCH3 is 1. The number of esters is 1. The van der Waals surface area contributed by atoms with Crippen LogP contribution in [0.15, 0.2) is 0 Å². The number of carbonyl (C=O) groups is 1. The summed E-state index contributed by atoms with van der Waals surface area (Å²) in [5.41, 5.74) is 0. The van der Waals surface area contributed by atoms with Crippen molar-refractivity contribution in [2.24, 2.45) is 5.92 Å². The molecule has 1 saturated heterocycles. The molecule has 76 valence electrons. The van der Waals surface area contributed by atoms with Crippen LogP contribution in [0.25, 0.3) is 0 Å². The van der Waals surface area contributed by atoms with E-state index in [-0.39, 0.29) is 12.0 Å². The van der Waals surface area contributed by atoms with Gasteiger partial charge in [-0.15, -0.1) is 0 Å². The molecule has 0 aromatic carbocycles. The lowest BCUT2D eigenvalue weighted by molar-refractivity contribution is -0.142. The molecule has 3 nitrogen and oxygen atoms in total. The van der Waals surface area contributed by atoms with Crippen LogP contribution < -0.4 is 5.32 Å². The fourth-order valence-electron chi connectivity index (χ4n) is 1.90. The summed E-state index contributed by atoms with van der Waals surface area (Å²) < 4.78 is 4.69. The minimum absolute atomic E-state index is 0.0613. The molecular weight excluding hydrogens is 166 g/mol. The van der Waals surface area contributed by atoms with Crippen molar-refractivity contribution >= 4 is 5.97 Å². The molecule has 1 heterocycles. The van der Waals surface area contributed by atoms with Crippen LogP contribution >= 0.6 is 0 Å². The Morgan fingerprint density at radius 3 is 2.77 bits per heavy atom. The van der Waals surface area contributed by atoms with E-state index in [1.807, 2.05) is 0 Å². The van der Waals surface area contributed by atoms with Crippen LogP contribution in [0.1, 0.15) is 33.1 Å². The molecule has 0 aromatic rings. The number of rotatable bonds is 3. The summed E-state index contributed by atoms with van der Waals surface area (Å²) in [6.45, 7) is 4.40. The molecule has 1 rings (SSSR count). The molecular formula is C10H19NO2. The molecule has 13 heavy (non-hydrogen) atoms. The Morgan fingerprint density at radius 2 is 2.23 bits per heavy atom. The second kappa shape index (κ2) is 4.61. The van der Waals surface area contributed by atoms with Gasteiger partial charge in [-0.2, -0.15) is 0 Å². The van der Waals surface area contributed by atoms with Crippen molar-refractivity contribution in [1.82, 2.24) is 5.32 Å². The molecule has 1 aliphatic heterocycles. The van der Waals surface area contributed by atoms with Crippen LogP contribution in [0.5, 0.6) is 0 Å². The molecule has 0 radical (unpaired) electrons. The van der Waals surface area contributed by atoms with Crippen LogP contribution in [-0.4, -0.2) is 25.2 Å². The van der Waals surface area contributed by atoms with Crippen LogP contribution in [-0.2, 0) is 9.53 Å². The maximum absolute atomic E-state index is 11.2. The third-order valence-electron chi connectivity index (χ3n) is 2.48. The molecule has 0 bridgehead atoms. The molecule has 1 fully saturated rings. The smallest absolute Gasteiger partial charge is 0.322 e. The van der Waals surface area contributed by atoms with Crippen molar-refractivity contribution in [3.05, 3.63) is 0 Å². The van der Waals surface area contributed by atoms with Gasteiger partial charge in [-0.1, -0.05) is 13.8 Å². The predicted octanol–water partition coefficient (Wildman–Crippen LogP) is 1.33. The number of hydrogen-bond acceptors (Lipinski definition) is 3. The van der Waals surface area contributed by atoms with E-state index in [4.69, 9.17) is 0 Å². The summed E-state index contributed by atoms with van der Waals surface area (Å²) >= 11 is 0. The second-order valence-corrected chi connectivity index (χ2v) is 4.15. The largest absolute Gasteiger partial charge is 0.468 e. The highest BCUT2D eigenvalue weighted by Crippen LogP contribution is 2.19. The summed E-state index contributed by atoms with van der Waals surface area (Å²) in [4.78, 5) is 11.2. The van der Waals surface area contributed by atoms with Crippen LogP contribution in [0.2, 0.25) is 0 Å². The van der Waals surface area contributed by atoms with Crippen molar-refractivity contribution in [1.29, 1.82) is 0 Å². The molecule has 1 N–H and O–H groups in total. The Labute approximate surface area is 79.8 Å². The SMILES string of the molecule is COC(=O)C1CCC(CC(C)C)N1. The van der Waals surface area contributed by atoms with Gasteiger partial charge in [0, 0.05) is 6.04 Å². The topological polar surface area (TPSA) is 38.3 Å². The first-order chi connectivity index (χ1) is 6.13. The Balaban J connectivity index is 2.32. The van der Waals surface area contributed by atoms with Gasteiger partial charge >= 0.3 is 5.97 Å². The zero-order chi connectivity index (χ0) is 9.84. The normalized spacial score (nSPS) is 28.0. The third kappa shape index (κ3) is 2.99. The lowest BCUT2D eigenvalue weighted by atomic mass is 10.0. The molecule has 0 amide bonds. The number of hydrogen-bond donors (Lipinski definition) is 1. The minimum atomic E-state index is -0.119. The predicted molar refractivity (Wildman–Crippen MR) is 51.4 cm³/mol. The molecule has 2 atom stereocenters. The minimum Gasteiger partial charge on any atom is -0.468 e. The molecule has 3 heteroatoms. The van der Waals surface area contributed by atoms with Gasteiger partial charge < -0.3 is 10.1 Å². The van der Waals surface area contributed by atoms with Crippen LogP contribution in [0, 0.1) is 5.92 Å². The highest BCUT2D eigenvalue weighted by Gasteiger charge is 2.29. The third-order valence-corrected chi connectivity index (χ3v) is 2.48. The van der Waals surface area contributed by atoms with E-state index in [9.17, 15) is 4.79 Å². The zero-order valence-electron chi connectivity index (χ0n) is 8.67. The van der Waals surface area contributed by atoms with Gasteiger partial charge in [0.25, 0.3) is 0 Å². The summed E-state index contributed by atoms with van der Waals surface area (Å²) in [6, 6.07) is 0.442. The van der Waals surface area contributed by atoms with Crippen molar-refractivity contribution in [2.75, 3.05) is 7.11 Å². The first kappa shape index (κ1) is 10.5. The molecule has 0 spiro atoms. The maximum atomic E-state index is 11.2. The van der Waals surface area contributed by atoms with Crippen molar-refractivity contribution < 1.29 is 9.53 Å². The maximum Gasteiger partial charge on any atom is 0.322 e. The van der Waals surface area contributed by atoms with E-state index in [0.717, 1.165) is 19.3 Å². The van der Waals surface area contributed by atoms with Crippen molar-refractivity contribution in [2.45, 2.75) is 45.2 Å². The Kier molecular flexibility index (Phi) is 3.72. The van der Waals surface area contributed by atoms with Gasteiger partial charge in [-0.05, 0) is 25.2 Å². The summed E-state index contributed by atoms with van der Waals surface area (Å²) in [5, 5.41) is 3.30. The Bertz CT molecular complexity index is 180. The van der Waals surface area contributed by atoms with Gasteiger partial charge in [0.15, 0.2) is 0 Å². The Hall–Kier alpha value is -0.570. The van der Waals surface area contributed by atoms with Gasteiger partial charge in [0.2, 0.25) is 0 Å². The molecule has 2 unspecified atom stereocenters. The highest BCUT2D eigenvalue weighted by molar-refractivity contribution is 5.76. The van der Waals surface area contributed by atoms with Crippen LogP contribution in [0.3, 0.4) is 0 Å². The molecule has 0 aliphatic carbocycles. The first-order valence-corrected chi connectivity index (χ1v) is 4.97. The molecule has 0 aromatic heterocycles. The van der Waals surface area contributed by atoms with Crippen LogP contribution in [0.4, 0.5) is 0 Å². The lowest BCUT2D eigenvalue weighted by Gasteiger charge is -2.14. The highest BCUT2D eigenvalue weighted by atomic mass is 16.5. The lowest BCUT2D eigenvalue weighted by Crippen LogP contribution is -2.36. The average molecular weight is 185 g/mol. The summed E-state index contributed by atoms with van der Waals surface area (Å²) in [7, 11) is 1.44. The summed E-state index contributed by atoms with van der Waals surface area (Å²) in [5.74, 6) is 0.570. The number of nitrogens with one attached hydrogen (secondary N) is 1. The molecule has 0 saturated carbocycles. The second-order valence-electron chi connectivity index (χ2n) is 4.15. The standard InChI is InChI=1S/C10H19NO2/c1-7(2)6-8-4-5-9(11-8)10(12)13-3/h7-9,11H,4-6H2,1-3H3. The number of carbonyl (C=O) groups excluding carboxylic acids is 1. The van der Waals surface area contributed by atoms with E-state index in [1.165, 1.54) is 7.11 Å². The number of ether oxygens (including phenoxy) is 1. The van der Waals surface area contributed by atoms with E-state index < -0.39 is 0 Å². The van der Waals surface area contributed by atoms with E-state index in [0.29, 0.717) is 12.0 Å². The van der Waals surface area contributed by atoms with Gasteiger partial charge in [-0.25, -0.2) is 0 Å². The Morgan fingerprint density at radius 1 is 1.54 bits per heavy atom. The average Bonchev–Trinajstić information content (AvgIpc) is 2.50. The van der Waals surface area contributed by atoms with E-state index in [1.54, 1.807) is 0 Å². The first-order valence-electron chi connectivity index (χ1n) is 4.97. The van der Waals surface area contributed by atoms with E-state index >= 15 is 0 Å². The van der Waals surface area contributed by atoms with Gasteiger partial charge in [0.1, 0.15) is 6.04 Å². The van der Waals surface area contributed by atoms with Gasteiger partial charge in [-0.3, -0.25) is 4.79 Å². The quantitative estimate of drug-likeness (QED) is 0.674.